The molecule has 1 aliphatic rings. The maximum atomic E-state index is 12.8. The van der Waals surface area contributed by atoms with Crippen LogP contribution in [0.1, 0.15) is 30.4 Å². The highest BCUT2D eigenvalue weighted by Crippen LogP contribution is 2.24. The monoisotopic (exact) mass is 442 g/mol. The number of hydrogen-bond acceptors (Lipinski definition) is 6. The van der Waals surface area contributed by atoms with E-state index in [-0.39, 0.29) is 12.3 Å². The Labute approximate surface area is 186 Å². The first-order valence-electron chi connectivity index (χ1n) is 10.6. The number of benzene rings is 1. The normalized spacial score (nSPS) is 14.3. The third kappa shape index (κ3) is 4.44. The lowest BCUT2D eigenvalue weighted by Crippen LogP contribution is -2.49. The summed E-state index contributed by atoms with van der Waals surface area (Å²) in [7, 11) is 1.60. The van der Waals surface area contributed by atoms with Crippen molar-refractivity contribution in [2.24, 2.45) is 0 Å². The number of methoxy groups -OCH3 is 1. The number of carbonyl (C=O) groups excluding carboxylic acids is 1. The van der Waals surface area contributed by atoms with Gasteiger partial charge < -0.3 is 14.5 Å². The zero-order valence-electron chi connectivity index (χ0n) is 18.1. The molecular weight excluding hydrogens is 416 g/mol. The van der Waals surface area contributed by atoms with E-state index in [0.29, 0.717) is 29.6 Å². The van der Waals surface area contributed by atoms with Crippen LogP contribution in [0.25, 0.3) is 5.78 Å². The van der Waals surface area contributed by atoms with Crippen molar-refractivity contribution >= 4 is 29.1 Å². The van der Waals surface area contributed by atoms with Gasteiger partial charge in [0.1, 0.15) is 17.4 Å². The molecule has 0 atom stereocenters. The predicted octanol–water partition coefficient (Wildman–Crippen LogP) is 2.94. The molecule has 0 saturated carbocycles. The largest absolute Gasteiger partial charge is 0.497 e. The minimum absolute atomic E-state index is 0.0786. The van der Waals surface area contributed by atoms with Gasteiger partial charge in [-0.1, -0.05) is 31.0 Å². The third-order valence-electron chi connectivity index (χ3n) is 5.67. The van der Waals surface area contributed by atoms with Crippen LogP contribution < -0.4 is 9.64 Å². The molecule has 164 valence electrons. The van der Waals surface area contributed by atoms with E-state index in [2.05, 4.69) is 28.1 Å². The average Bonchev–Trinajstić information content (AvgIpc) is 3.16. The summed E-state index contributed by atoms with van der Waals surface area (Å²) < 4.78 is 7.19. The molecule has 0 N–H and O–H groups in total. The molecular formula is C22H27ClN6O2. The van der Waals surface area contributed by atoms with E-state index in [1.54, 1.807) is 13.2 Å². The Morgan fingerprint density at radius 2 is 1.94 bits per heavy atom. The Morgan fingerprint density at radius 3 is 2.61 bits per heavy atom. The maximum absolute atomic E-state index is 12.8. The second-order valence-corrected chi connectivity index (χ2v) is 8.15. The predicted molar refractivity (Wildman–Crippen MR) is 120 cm³/mol. The number of halogens is 1. The molecule has 0 aliphatic carbocycles. The Morgan fingerprint density at radius 1 is 1.16 bits per heavy atom. The fraction of sp³-hybridized carbons (Fsp3) is 0.455. The lowest BCUT2D eigenvalue weighted by atomic mass is 10.1. The number of hydrogen-bond donors (Lipinski definition) is 0. The average molecular weight is 443 g/mol. The number of ether oxygens (including phenoxy) is 1. The van der Waals surface area contributed by atoms with E-state index in [1.165, 1.54) is 0 Å². The summed E-state index contributed by atoms with van der Waals surface area (Å²) in [5.74, 6) is 3.14. The second-order valence-electron chi connectivity index (χ2n) is 7.74. The zero-order chi connectivity index (χ0) is 22.0. The highest BCUT2D eigenvalue weighted by atomic mass is 35.5. The van der Waals surface area contributed by atoms with Gasteiger partial charge in [-0.15, -0.1) is 10.2 Å². The molecule has 1 saturated heterocycles. The van der Waals surface area contributed by atoms with Crippen LogP contribution in [0.15, 0.2) is 24.3 Å². The van der Waals surface area contributed by atoms with Gasteiger partial charge in [0.05, 0.1) is 13.5 Å². The summed E-state index contributed by atoms with van der Waals surface area (Å²) in [5, 5.41) is 8.95. The van der Waals surface area contributed by atoms with E-state index in [9.17, 15) is 4.79 Å². The van der Waals surface area contributed by atoms with E-state index < -0.39 is 0 Å². The van der Waals surface area contributed by atoms with Crippen molar-refractivity contribution in [1.82, 2.24) is 24.5 Å². The molecule has 1 aliphatic heterocycles. The van der Waals surface area contributed by atoms with E-state index in [4.69, 9.17) is 21.3 Å². The van der Waals surface area contributed by atoms with Crippen molar-refractivity contribution in [1.29, 1.82) is 0 Å². The van der Waals surface area contributed by atoms with Gasteiger partial charge in [-0.05, 0) is 31.0 Å². The summed E-state index contributed by atoms with van der Waals surface area (Å²) >= 11 is 6.30. The number of fused-ring (bicyclic) bond motifs is 1. The topological polar surface area (TPSA) is 75.9 Å². The molecule has 4 rings (SSSR count). The minimum Gasteiger partial charge on any atom is -0.497 e. The molecule has 8 nitrogen and oxygen atoms in total. The van der Waals surface area contributed by atoms with Crippen LogP contribution >= 0.6 is 11.6 Å². The molecule has 0 bridgehead atoms. The summed E-state index contributed by atoms with van der Waals surface area (Å²) in [6.07, 6.45) is 2.26. The maximum Gasteiger partial charge on any atom is 0.257 e. The van der Waals surface area contributed by atoms with E-state index in [0.717, 1.165) is 48.8 Å². The fourth-order valence-corrected chi connectivity index (χ4v) is 4.21. The van der Waals surface area contributed by atoms with Crippen LogP contribution in [-0.4, -0.2) is 63.7 Å². The molecule has 1 fully saturated rings. The summed E-state index contributed by atoms with van der Waals surface area (Å²) in [5.41, 5.74) is 1.98. The Bertz CT molecular complexity index is 1090. The number of piperazine rings is 1. The first-order chi connectivity index (χ1) is 15.0. The molecule has 0 unspecified atom stereocenters. The highest BCUT2D eigenvalue weighted by molar-refractivity contribution is 6.31. The molecule has 3 aromatic rings. The SMILES string of the molecule is CCCc1cc(N2CCN(C(=O)Cc3ccc(OC)cc3Cl)CC2)nc2nnc(C)n12. The number of amides is 1. The van der Waals surface area contributed by atoms with Gasteiger partial charge in [-0.3, -0.25) is 9.20 Å². The third-order valence-corrected chi connectivity index (χ3v) is 6.02. The molecule has 1 amide bonds. The summed E-state index contributed by atoms with van der Waals surface area (Å²) in [6.45, 7) is 6.85. The Hall–Kier alpha value is -2.87. The Kier molecular flexibility index (Phi) is 6.27. The van der Waals surface area contributed by atoms with Crippen LogP contribution in [0, 0.1) is 6.92 Å². The van der Waals surface area contributed by atoms with Crippen molar-refractivity contribution in [3.8, 4) is 5.75 Å². The standard InChI is InChI=1S/C22H27ClN6O2/c1-4-5-17-13-20(24-22-26-25-15(2)29(17)22)27-8-10-28(11-9-27)21(30)12-16-6-7-18(31-3)14-19(16)23/h6-7,13-14H,4-5,8-12H2,1-3H3. The lowest BCUT2D eigenvalue weighted by molar-refractivity contribution is -0.130. The van der Waals surface area contributed by atoms with Crippen LogP contribution in [0.3, 0.4) is 0 Å². The highest BCUT2D eigenvalue weighted by Gasteiger charge is 2.24. The molecule has 0 spiro atoms. The van der Waals surface area contributed by atoms with Crippen molar-refractivity contribution in [2.75, 3.05) is 38.2 Å². The van der Waals surface area contributed by atoms with Crippen LogP contribution in [0.4, 0.5) is 5.82 Å². The summed E-state index contributed by atoms with van der Waals surface area (Å²) in [6, 6.07) is 7.55. The first-order valence-corrected chi connectivity index (χ1v) is 10.9. The van der Waals surface area contributed by atoms with Gasteiger partial charge in [0.25, 0.3) is 5.78 Å². The van der Waals surface area contributed by atoms with Gasteiger partial charge in [-0.2, -0.15) is 4.98 Å². The van der Waals surface area contributed by atoms with Gasteiger partial charge in [0.15, 0.2) is 0 Å². The zero-order valence-corrected chi connectivity index (χ0v) is 18.9. The number of rotatable bonds is 6. The molecule has 1 aromatic carbocycles. The number of aromatic nitrogens is 4. The van der Waals surface area contributed by atoms with Gasteiger partial charge >= 0.3 is 0 Å². The van der Waals surface area contributed by atoms with E-state index >= 15 is 0 Å². The minimum atomic E-state index is 0.0786. The Balaban J connectivity index is 1.43. The van der Waals surface area contributed by atoms with Crippen LogP contribution in [0.5, 0.6) is 5.75 Å². The number of carbonyl (C=O) groups is 1. The number of anilines is 1. The van der Waals surface area contributed by atoms with Crippen molar-refractivity contribution < 1.29 is 9.53 Å². The summed E-state index contributed by atoms with van der Waals surface area (Å²) in [4.78, 5) is 21.6. The van der Waals surface area contributed by atoms with Gasteiger partial charge in [-0.25, -0.2) is 0 Å². The molecule has 31 heavy (non-hydrogen) atoms. The van der Waals surface area contributed by atoms with Crippen LogP contribution in [0.2, 0.25) is 5.02 Å². The quantitative estimate of drug-likeness (QED) is 0.584. The molecule has 0 radical (unpaired) electrons. The lowest BCUT2D eigenvalue weighted by Gasteiger charge is -2.35. The molecule has 2 aromatic heterocycles. The number of nitrogens with zero attached hydrogens (tertiary/aromatic N) is 6. The van der Waals surface area contributed by atoms with Crippen molar-refractivity contribution in [3.05, 3.63) is 46.4 Å². The van der Waals surface area contributed by atoms with Crippen LogP contribution in [-0.2, 0) is 17.6 Å². The first kappa shape index (κ1) is 21.4. The van der Waals surface area contributed by atoms with E-state index in [1.807, 2.05) is 28.4 Å². The van der Waals surface area contributed by atoms with Gasteiger partial charge in [0.2, 0.25) is 5.91 Å². The molecule has 3 heterocycles. The second kappa shape index (κ2) is 9.09. The molecule has 9 heteroatoms. The smallest absolute Gasteiger partial charge is 0.257 e. The van der Waals surface area contributed by atoms with Crippen molar-refractivity contribution in [3.63, 3.8) is 0 Å². The van der Waals surface area contributed by atoms with Crippen molar-refractivity contribution in [2.45, 2.75) is 33.1 Å². The fourth-order valence-electron chi connectivity index (χ4n) is 3.97. The van der Waals surface area contributed by atoms with Gasteiger partial charge in [0, 0.05) is 43.0 Å². The number of aryl methyl sites for hydroxylation is 2.